The van der Waals surface area contributed by atoms with Gasteiger partial charge in [-0.15, -0.1) is 0 Å². The lowest BCUT2D eigenvalue weighted by molar-refractivity contribution is -0.131. The quantitative estimate of drug-likeness (QED) is 0.828. The minimum Gasteiger partial charge on any atom is -0.343 e. The van der Waals surface area contributed by atoms with Crippen LogP contribution < -0.4 is 5.73 Å². The molecule has 1 aromatic carbocycles. The molecule has 2 N–H and O–H groups in total. The van der Waals surface area contributed by atoms with Crippen molar-refractivity contribution in [3.8, 4) is 0 Å². The SMILES string of the molecule is CN(CCS(C)(=O)=O)C(=O)[C@@H](N)c1ccccc1. The van der Waals surface area contributed by atoms with E-state index in [9.17, 15) is 13.2 Å². The molecule has 0 radical (unpaired) electrons. The molecule has 0 saturated carbocycles. The molecule has 0 heterocycles. The maximum absolute atomic E-state index is 12.0. The lowest BCUT2D eigenvalue weighted by Crippen LogP contribution is -2.38. The Morgan fingerprint density at radius 1 is 1.33 bits per heavy atom. The first kappa shape index (κ1) is 14.7. The van der Waals surface area contributed by atoms with Crippen LogP contribution in [0.1, 0.15) is 11.6 Å². The molecule has 1 amide bonds. The van der Waals surface area contributed by atoms with Gasteiger partial charge in [0.05, 0.1) is 5.75 Å². The fraction of sp³-hybridized carbons (Fsp3) is 0.417. The fourth-order valence-corrected chi connectivity index (χ4v) is 2.06. The van der Waals surface area contributed by atoms with Gasteiger partial charge in [0.15, 0.2) is 0 Å². The zero-order valence-corrected chi connectivity index (χ0v) is 11.4. The van der Waals surface area contributed by atoms with Gasteiger partial charge in [-0.3, -0.25) is 4.79 Å². The molecule has 0 bridgehead atoms. The summed E-state index contributed by atoms with van der Waals surface area (Å²) < 4.78 is 22.1. The van der Waals surface area contributed by atoms with Crippen molar-refractivity contribution in [1.29, 1.82) is 0 Å². The number of nitrogens with zero attached hydrogens (tertiary/aromatic N) is 1. The summed E-state index contributed by atoms with van der Waals surface area (Å²) in [6.45, 7) is 0.151. The van der Waals surface area contributed by atoms with Crippen LogP contribution in [-0.4, -0.2) is 44.8 Å². The van der Waals surface area contributed by atoms with Gasteiger partial charge in [0.25, 0.3) is 0 Å². The second kappa shape index (κ2) is 5.97. The van der Waals surface area contributed by atoms with Crippen LogP contribution in [0.15, 0.2) is 30.3 Å². The fourth-order valence-electron chi connectivity index (χ4n) is 1.45. The van der Waals surface area contributed by atoms with Crippen LogP contribution in [0.2, 0.25) is 0 Å². The third kappa shape index (κ3) is 4.46. The Hall–Kier alpha value is -1.40. The largest absolute Gasteiger partial charge is 0.343 e. The molecular formula is C12H18N2O3S. The molecule has 0 aliphatic heterocycles. The van der Waals surface area contributed by atoms with E-state index in [-0.39, 0.29) is 18.2 Å². The number of sulfone groups is 1. The average Bonchev–Trinajstić information content (AvgIpc) is 2.34. The first-order chi connectivity index (χ1) is 8.31. The van der Waals surface area contributed by atoms with Gasteiger partial charge in [-0.1, -0.05) is 30.3 Å². The van der Waals surface area contributed by atoms with Gasteiger partial charge in [-0.2, -0.15) is 0 Å². The molecule has 0 unspecified atom stereocenters. The Morgan fingerprint density at radius 2 is 1.89 bits per heavy atom. The monoisotopic (exact) mass is 270 g/mol. The predicted octanol–water partition coefficient (Wildman–Crippen LogP) is 0.189. The molecule has 0 aliphatic rings. The maximum atomic E-state index is 12.0. The Kier molecular flexibility index (Phi) is 4.86. The first-order valence-electron chi connectivity index (χ1n) is 5.54. The van der Waals surface area contributed by atoms with E-state index < -0.39 is 15.9 Å². The molecule has 5 nitrogen and oxygen atoms in total. The van der Waals surface area contributed by atoms with Crippen molar-refractivity contribution >= 4 is 15.7 Å². The van der Waals surface area contributed by atoms with Crippen LogP contribution in [0.3, 0.4) is 0 Å². The molecule has 1 rings (SSSR count). The summed E-state index contributed by atoms with van der Waals surface area (Å²) in [6, 6.07) is 8.24. The second-order valence-electron chi connectivity index (χ2n) is 4.28. The number of amides is 1. The van der Waals surface area contributed by atoms with E-state index in [2.05, 4.69) is 0 Å². The van der Waals surface area contributed by atoms with Crippen LogP contribution in [0.4, 0.5) is 0 Å². The van der Waals surface area contributed by atoms with Crippen molar-refractivity contribution < 1.29 is 13.2 Å². The van der Waals surface area contributed by atoms with Gasteiger partial charge in [-0.25, -0.2) is 8.42 Å². The molecular weight excluding hydrogens is 252 g/mol. The third-order valence-corrected chi connectivity index (χ3v) is 3.52. The van der Waals surface area contributed by atoms with Gasteiger partial charge in [0.2, 0.25) is 5.91 Å². The van der Waals surface area contributed by atoms with E-state index in [1.165, 1.54) is 4.90 Å². The second-order valence-corrected chi connectivity index (χ2v) is 6.54. The number of likely N-dealkylation sites (N-methyl/N-ethyl adjacent to an activating group) is 1. The van der Waals surface area contributed by atoms with Gasteiger partial charge in [0, 0.05) is 19.8 Å². The van der Waals surface area contributed by atoms with Gasteiger partial charge < -0.3 is 10.6 Å². The molecule has 0 aromatic heterocycles. The van der Waals surface area contributed by atoms with E-state index in [4.69, 9.17) is 5.73 Å². The zero-order chi connectivity index (χ0) is 13.8. The van der Waals surface area contributed by atoms with Crippen LogP contribution in [0, 0.1) is 0 Å². The van der Waals surface area contributed by atoms with Gasteiger partial charge in [0.1, 0.15) is 15.9 Å². The van der Waals surface area contributed by atoms with Crippen LogP contribution >= 0.6 is 0 Å². The topological polar surface area (TPSA) is 80.5 Å². The number of rotatable bonds is 5. The molecule has 0 saturated heterocycles. The summed E-state index contributed by atoms with van der Waals surface area (Å²) in [5, 5.41) is 0. The highest BCUT2D eigenvalue weighted by atomic mass is 32.2. The smallest absolute Gasteiger partial charge is 0.243 e. The summed E-state index contributed by atoms with van der Waals surface area (Å²) in [7, 11) is -1.53. The zero-order valence-electron chi connectivity index (χ0n) is 10.5. The van der Waals surface area contributed by atoms with E-state index >= 15 is 0 Å². The van der Waals surface area contributed by atoms with Gasteiger partial charge >= 0.3 is 0 Å². The maximum Gasteiger partial charge on any atom is 0.243 e. The molecule has 100 valence electrons. The number of hydrogen-bond acceptors (Lipinski definition) is 4. The number of carbonyl (C=O) groups excluding carboxylic acids is 1. The highest BCUT2D eigenvalue weighted by Crippen LogP contribution is 2.11. The van der Waals surface area contributed by atoms with E-state index in [1.54, 1.807) is 31.3 Å². The van der Waals surface area contributed by atoms with Crippen molar-refractivity contribution in [2.75, 3.05) is 25.6 Å². The normalized spacial score (nSPS) is 13.1. The Morgan fingerprint density at radius 3 is 2.39 bits per heavy atom. The Balaban J connectivity index is 2.64. The average molecular weight is 270 g/mol. The summed E-state index contributed by atoms with van der Waals surface area (Å²) in [4.78, 5) is 13.3. The summed E-state index contributed by atoms with van der Waals surface area (Å²) in [5.74, 6) is -0.346. The minimum absolute atomic E-state index is 0.0588. The lowest BCUT2D eigenvalue weighted by Gasteiger charge is -2.21. The minimum atomic E-state index is -3.08. The highest BCUT2D eigenvalue weighted by Gasteiger charge is 2.20. The standard InChI is InChI=1S/C12H18N2O3S/c1-14(8-9-18(2,16)17)12(15)11(13)10-6-4-3-5-7-10/h3-7,11H,8-9,13H2,1-2H3/t11-/m0/s1. The molecule has 18 heavy (non-hydrogen) atoms. The van der Waals surface area contributed by atoms with Gasteiger partial charge in [-0.05, 0) is 5.56 Å². The number of carbonyl (C=O) groups is 1. The summed E-state index contributed by atoms with van der Waals surface area (Å²) in [5.41, 5.74) is 6.55. The molecule has 1 atom stereocenters. The van der Waals surface area contributed by atoms with Crippen LogP contribution in [-0.2, 0) is 14.6 Å². The lowest BCUT2D eigenvalue weighted by atomic mass is 10.1. The molecule has 1 aromatic rings. The predicted molar refractivity (Wildman–Crippen MR) is 70.7 cm³/mol. The molecule has 6 heteroatoms. The summed E-state index contributed by atoms with van der Waals surface area (Å²) in [6.07, 6.45) is 1.14. The van der Waals surface area contributed by atoms with Crippen LogP contribution in [0.25, 0.3) is 0 Å². The van der Waals surface area contributed by atoms with Crippen molar-refractivity contribution in [1.82, 2.24) is 4.90 Å². The highest BCUT2D eigenvalue weighted by molar-refractivity contribution is 7.90. The molecule has 0 spiro atoms. The Labute approximate surface area is 108 Å². The van der Waals surface area contributed by atoms with E-state index in [0.717, 1.165) is 6.26 Å². The van der Waals surface area contributed by atoms with Crippen molar-refractivity contribution in [2.24, 2.45) is 5.73 Å². The number of benzene rings is 1. The van der Waals surface area contributed by atoms with E-state index in [0.29, 0.717) is 5.56 Å². The van der Waals surface area contributed by atoms with Crippen molar-refractivity contribution in [3.05, 3.63) is 35.9 Å². The van der Waals surface area contributed by atoms with E-state index in [1.807, 2.05) is 6.07 Å². The van der Waals surface area contributed by atoms with Crippen molar-refractivity contribution in [3.63, 3.8) is 0 Å². The van der Waals surface area contributed by atoms with Crippen molar-refractivity contribution in [2.45, 2.75) is 6.04 Å². The Bertz CT molecular complexity index is 499. The van der Waals surface area contributed by atoms with Crippen LogP contribution in [0.5, 0.6) is 0 Å². The first-order valence-corrected chi connectivity index (χ1v) is 7.60. The molecule has 0 aliphatic carbocycles. The third-order valence-electron chi connectivity index (χ3n) is 2.60. The molecule has 0 fully saturated rings. The summed E-state index contributed by atoms with van der Waals surface area (Å²) >= 11 is 0. The number of hydrogen-bond donors (Lipinski definition) is 1. The number of nitrogens with two attached hydrogens (primary N) is 1.